The quantitative estimate of drug-likeness (QED) is 0.0979. The molecule has 5 rings (SSSR count). The number of carbonyl (C=O) groups excluding carboxylic acids is 1. The number of hydrogen-bond donors (Lipinski definition) is 4. The third kappa shape index (κ3) is 6.53. The van der Waals surface area contributed by atoms with E-state index in [-0.39, 0.29) is 30.6 Å². The summed E-state index contributed by atoms with van der Waals surface area (Å²) in [7, 11) is 0. The van der Waals surface area contributed by atoms with Gasteiger partial charge in [-0.05, 0) is 47.9 Å². The third-order valence-electron chi connectivity index (χ3n) is 7.30. The Kier molecular flexibility index (Phi) is 9.00. The van der Waals surface area contributed by atoms with E-state index in [1.807, 2.05) is 54.6 Å². The predicted octanol–water partition coefficient (Wildman–Crippen LogP) is 5.18. The molecule has 0 unspecified atom stereocenters. The maximum atomic E-state index is 14.4. The summed E-state index contributed by atoms with van der Waals surface area (Å²) in [4.78, 5) is 21.0. The molecular weight excluding hydrogens is 547 g/mol. The van der Waals surface area contributed by atoms with Gasteiger partial charge in [-0.3, -0.25) is 10.2 Å². The molecule has 5 N–H and O–H groups in total. The molecule has 1 aromatic heterocycles. The molecule has 0 saturated heterocycles. The molecule has 0 aliphatic carbocycles. The number of fused-ring (bicyclic) bond motifs is 1. The van der Waals surface area contributed by atoms with Gasteiger partial charge in [-0.1, -0.05) is 60.7 Å². The van der Waals surface area contributed by atoms with E-state index in [9.17, 15) is 9.18 Å². The Morgan fingerprint density at radius 3 is 2.31 bits per heavy atom. The lowest BCUT2D eigenvalue weighted by molar-refractivity contribution is 0.0747. The molecule has 4 aromatic carbocycles. The zero-order chi connectivity index (χ0) is 29.6. The maximum Gasteiger partial charge on any atom is 0.254 e. The summed E-state index contributed by atoms with van der Waals surface area (Å²) < 4.78 is 16.5. The van der Waals surface area contributed by atoms with E-state index >= 15 is 0 Å². The zero-order valence-corrected chi connectivity index (χ0v) is 24.0. The first-order valence-electron chi connectivity index (χ1n) is 13.8. The van der Waals surface area contributed by atoms with E-state index in [4.69, 9.17) is 21.9 Å². The minimum atomic E-state index is -0.355. The van der Waals surface area contributed by atoms with Gasteiger partial charge in [-0.2, -0.15) is 0 Å². The Balaban J connectivity index is 1.47. The number of amides is 1. The fourth-order valence-electron chi connectivity index (χ4n) is 5.03. The van der Waals surface area contributed by atoms with Crippen LogP contribution in [-0.2, 0) is 25.9 Å². The summed E-state index contributed by atoms with van der Waals surface area (Å²) in [5.74, 6) is 0.338. The van der Waals surface area contributed by atoms with Gasteiger partial charge in [0, 0.05) is 47.6 Å². The highest BCUT2D eigenvalue weighted by atomic mass is 32.1. The Morgan fingerprint density at radius 2 is 1.62 bits per heavy atom. The molecule has 5 aromatic rings. The van der Waals surface area contributed by atoms with Crippen molar-refractivity contribution in [3.8, 4) is 0 Å². The number of halogens is 1. The van der Waals surface area contributed by atoms with E-state index in [0.717, 1.165) is 33.8 Å². The van der Waals surface area contributed by atoms with Crippen LogP contribution in [0, 0.1) is 11.2 Å². The number of nitrogen functional groups attached to an aromatic ring is 1. The number of hydrogen-bond acceptors (Lipinski definition) is 5. The number of aryl methyl sites for hydroxylation is 2. The summed E-state index contributed by atoms with van der Waals surface area (Å²) in [6.45, 7) is 1.26. The number of thiol groups is 1. The monoisotopic (exact) mass is 580 g/mol. The second kappa shape index (κ2) is 13.0. The first kappa shape index (κ1) is 29.0. The molecule has 7 nitrogen and oxygen atoms in total. The maximum absolute atomic E-state index is 14.4. The van der Waals surface area contributed by atoms with Crippen LogP contribution in [-0.4, -0.2) is 39.3 Å². The van der Waals surface area contributed by atoms with Crippen LogP contribution >= 0.6 is 12.6 Å². The van der Waals surface area contributed by atoms with E-state index in [0.29, 0.717) is 41.7 Å². The minimum absolute atomic E-state index is 0.0399. The van der Waals surface area contributed by atoms with Gasteiger partial charge in [0.25, 0.3) is 5.91 Å². The molecule has 1 amide bonds. The van der Waals surface area contributed by atoms with E-state index in [1.165, 1.54) is 6.07 Å². The fraction of sp³-hybridized carbons (Fsp3) is 0.182. The highest BCUT2D eigenvalue weighted by Gasteiger charge is 2.20. The first-order valence-corrected chi connectivity index (χ1v) is 14.2. The molecule has 42 heavy (non-hydrogen) atoms. The van der Waals surface area contributed by atoms with E-state index < -0.39 is 0 Å². The molecule has 0 radical (unpaired) electrons. The van der Waals surface area contributed by atoms with Crippen LogP contribution in [0.1, 0.15) is 38.4 Å². The van der Waals surface area contributed by atoms with Gasteiger partial charge >= 0.3 is 0 Å². The smallest absolute Gasteiger partial charge is 0.254 e. The molecular formula is C33H33FN6OS. The van der Waals surface area contributed by atoms with Gasteiger partial charge < -0.3 is 20.9 Å². The zero-order valence-electron chi connectivity index (χ0n) is 23.1. The number of carbonyl (C=O) groups is 1. The Bertz CT molecular complexity index is 1730. The van der Waals surface area contributed by atoms with Crippen molar-refractivity contribution in [3.05, 3.63) is 130 Å². The average molecular weight is 581 g/mol. The minimum Gasteiger partial charge on any atom is -0.384 e. The van der Waals surface area contributed by atoms with Crippen molar-refractivity contribution in [1.29, 1.82) is 5.41 Å². The summed E-state index contributed by atoms with van der Waals surface area (Å²) in [5, 5.41) is 7.63. The lowest BCUT2D eigenvalue weighted by Gasteiger charge is -2.22. The molecule has 0 saturated carbocycles. The van der Waals surface area contributed by atoms with Crippen LogP contribution in [0.4, 0.5) is 4.39 Å². The number of nitrogens with one attached hydrogen (secondary N) is 1. The fourth-order valence-corrected chi connectivity index (χ4v) is 5.26. The van der Waals surface area contributed by atoms with Crippen molar-refractivity contribution in [2.75, 3.05) is 13.1 Å². The van der Waals surface area contributed by atoms with Gasteiger partial charge in [0.05, 0.1) is 17.6 Å². The molecule has 0 aliphatic rings. The summed E-state index contributed by atoms with van der Waals surface area (Å²) >= 11 is 4.66. The number of imidazole rings is 1. The van der Waals surface area contributed by atoms with Crippen molar-refractivity contribution in [2.24, 2.45) is 11.5 Å². The van der Waals surface area contributed by atoms with Crippen LogP contribution < -0.4 is 11.5 Å². The number of aromatic nitrogens is 2. The number of amidine groups is 1. The molecule has 9 heteroatoms. The molecule has 214 valence electrons. The second-order valence-electron chi connectivity index (χ2n) is 10.2. The normalized spacial score (nSPS) is 11.1. The lowest BCUT2D eigenvalue weighted by Crippen LogP contribution is -2.35. The topological polar surface area (TPSA) is 114 Å². The molecule has 0 aliphatic heterocycles. The van der Waals surface area contributed by atoms with E-state index in [2.05, 4.69) is 17.2 Å². The van der Waals surface area contributed by atoms with Crippen molar-refractivity contribution in [2.45, 2.75) is 30.8 Å². The largest absolute Gasteiger partial charge is 0.384 e. The van der Waals surface area contributed by atoms with Gasteiger partial charge in [0.1, 0.15) is 17.5 Å². The Morgan fingerprint density at radius 1 is 0.929 bits per heavy atom. The van der Waals surface area contributed by atoms with Crippen LogP contribution in [0.3, 0.4) is 0 Å². The number of nitrogens with two attached hydrogens (primary N) is 2. The van der Waals surface area contributed by atoms with Gasteiger partial charge in [-0.15, -0.1) is 12.6 Å². The molecule has 0 atom stereocenters. The first-order chi connectivity index (χ1) is 20.3. The SMILES string of the molecule is N=C(N)c1ccc(CCc2nc3cc(C(=O)N(CCN)Cc4ccccc4F)ccc3n2Cc2ccccc2S)cc1. The predicted molar refractivity (Wildman–Crippen MR) is 168 cm³/mol. The molecule has 0 bridgehead atoms. The summed E-state index contributed by atoms with van der Waals surface area (Å²) in [6, 6.07) is 27.6. The number of benzene rings is 4. The van der Waals surface area contributed by atoms with Crippen LogP contribution in [0.25, 0.3) is 11.0 Å². The highest BCUT2D eigenvalue weighted by Crippen LogP contribution is 2.24. The van der Waals surface area contributed by atoms with Crippen LogP contribution in [0.15, 0.2) is 95.9 Å². The highest BCUT2D eigenvalue weighted by molar-refractivity contribution is 7.80. The van der Waals surface area contributed by atoms with Crippen molar-refractivity contribution in [1.82, 2.24) is 14.5 Å². The Labute approximate surface area is 249 Å². The van der Waals surface area contributed by atoms with Crippen LogP contribution in [0.2, 0.25) is 0 Å². The van der Waals surface area contributed by atoms with Crippen molar-refractivity contribution < 1.29 is 9.18 Å². The van der Waals surface area contributed by atoms with Crippen molar-refractivity contribution >= 4 is 35.4 Å². The number of rotatable bonds is 11. The second-order valence-corrected chi connectivity index (χ2v) is 10.6. The standard InChI is InChI=1S/C33H33FN6OS/c34-27-7-3-1-5-25(27)20-39(18-17-35)33(41)24-14-15-29-28(19-24)38-31(40(29)21-26-6-2-4-8-30(26)42)16-11-22-9-12-23(13-10-22)32(36)37/h1-10,12-15,19,42H,11,16-18,20-21,35H2,(H3,36,37). The van der Waals surface area contributed by atoms with Crippen LogP contribution in [0.5, 0.6) is 0 Å². The Hall–Kier alpha value is -4.47. The number of nitrogens with zero attached hydrogens (tertiary/aromatic N) is 3. The van der Waals surface area contributed by atoms with Gasteiger partial charge in [0.15, 0.2) is 0 Å². The van der Waals surface area contributed by atoms with Gasteiger partial charge in [0.2, 0.25) is 0 Å². The molecule has 1 heterocycles. The summed E-state index contributed by atoms with van der Waals surface area (Å²) in [6.07, 6.45) is 1.40. The average Bonchev–Trinajstić information content (AvgIpc) is 3.34. The lowest BCUT2D eigenvalue weighted by atomic mass is 10.1. The molecule has 0 fully saturated rings. The van der Waals surface area contributed by atoms with E-state index in [1.54, 1.807) is 35.2 Å². The van der Waals surface area contributed by atoms with Gasteiger partial charge in [-0.25, -0.2) is 9.37 Å². The summed E-state index contributed by atoms with van der Waals surface area (Å²) in [5.41, 5.74) is 16.8. The molecule has 0 spiro atoms. The van der Waals surface area contributed by atoms with Crippen molar-refractivity contribution in [3.63, 3.8) is 0 Å². The third-order valence-corrected chi connectivity index (χ3v) is 7.74.